The van der Waals surface area contributed by atoms with Crippen LogP contribution in [-0.2, 0) is 23.8 Å². The highest BCUT2D eigenvalue weighted by Crippen LogP contribution is 2.23. The summed E-state index contributed by atoms with van der Waals surface area (Å²) in [7, 11) is -3.16. The van der Waals surface area contributed by atoms with Crippen LogP contribution >= 0.6 is 10.7 Å². The molecule has 10 heteroatoms. The Hall–Kier alpha value is -0.740. The molecule has 1 aromatic carbocycles. The van der Waals surface area contributed by atoms with E-state index >= 15 is 0 Å². The van der Waals surface area contributed by atoms with E-state index in [0.717, 1.165) is 12.1 Å². The van der Waals surface area contributed by atoms with Crippen LogP contribution in [0.2, 0.25) is 0 Å². The summed E-state index contributed by atoms with van der Waals surface area (Å²) >= 11 is 0. The molecule has 118 valence electrons. The van der Waals surface area contributed by atoms with Gasteiger partial charge in [-0.2, -0.15) is 0 Å². The van der Waals surface area contributed by atoms with E-state index < -0.39 is 40.7 Å². The quantitative estimate of drug-likeness (QED) is 0.818. The van der Waals surface area contributed by atoms with Crippen LogP contribution in [0.25, 0.3) is 0 Å². The first-order valence-electron chi connectivity index (χ1n) is 5.99. The fourth-order valence-corrected chi connectivity index (χ4v) is 4.16. The Morgan fingerprint density at radius 2 is 2.00 bits per heavy atom. The van der Waals surface area contributed by atoms with E-state index in [1.54, 1.807) is 6.92 Å². The molecule has 1 aromatic rings. The zero-order valence-electron chi connectivity index (χ0n) is 10.9. The summed E-state index contributed by atoms with van der Waals surface area (Å²) in [5, 5.41) is 0. The molecule has 2 rings (SSSR count). The van der Waals surface area contributed by atoms with E-state index in [1.807, 2.05) is 0 Å². The van der Waals surface area contributed by atoms with E-state index in [4.69, 9.17) is 15.4 Å². The number of halogens is 2. The van der Waals surface area contributed by atoms with Crippen LogP contribution in [0, 0.1) is 5.82 Å². The SMILES string of the molecule is CC1OCCC1NS(=O)(=O)c1ccc(S(=O)(=O)Cl)cc1F. The van der Waals surface area contributed by atoms with Crippen molar-refractivity contribution in [2.75, 3.05) is 6.61 Å². The number of sulfonamides is 1. The normalized spacial score (nSPS) is 23.4. The highest BCUT2D eigenvalue weighted by Gasteiger charge is 2.30. The minimum Gasteiger partial charge on any atom is -0.377 e. The average molecular weight is 358 g/mol. The van der Waals surface area contributed by atoms with Crippen LogP contribution in [0.1, 0.15) is 13.3 Å². The minimum atomic E-state index is -4.12. The topological polar surface area (TPSA) is 89.5 Å². The Balaban J connectivity index is 2.32. The molecular formula is C11H13ClFNO5S2. The van der Waals surface area contributed by atoms with Gasteiger partial charge >= 0.3 is 0 Å². The highest BCUT2D eigenvalue weighted by atomic mass is 35.7. The lowest BCUT2D eigenvalue weighted by Gasteiger charge is -2.16. The smallest absolute Gasteiger partial charge is 0.261 e. The van der Waals surface area contributed by atoms with Crippen LogP contribution in [0.4, 0.5) is 4.39 Å². The molecule has 0 spiro atoms. The maximum absolute atomic E-state index is 13.9. The second-order valence-corrected chi connectivity index (χ2v) is 8.87. The number of ether oxygens (including phenoxy) is 1. The van der Waals surface area contributed by atoms with Crippen molar-refractivity contribution in [1.29, 1.82) is 0 Å². The predicted molar refractivity (Wildman–Crippen MR) is 73.6 cm³/mol. The van der Waals surface area contributed by atoms with Crippen molar-refractivity contribution in [3.8, 4) is 0 Å². The summed E-state index contributed by atoms with van der Waals surface area (Å²) in [6, 6.07) is 1.93. The molecule has 1 aliphatic rings. The zero-order chi connectivity index (χ0) is 15.8. The zero-order valence-corrected chi connectivity index (χ0v) is 13.3. The Kier molecular flexibility index (Phi) is 4.60. The van der Waals surface area contributed by atoms with Crippen molar-refractivity contribution in [2.24, 2.45) is 0 Å². The van der Waals surface area contributed by atoms with Gasteiger partial charge in [-0.05, 0) is 31.5 Å². The van der Waals surface area contributed by atoms with E-state index in [1.165, 1.54) is 0 Å². The van der Waals surface area contributed by atoms with Gasteiger partial charge in [0.2, 0.25) is 10.0 Å². The van der Waals surface area contributed by atoms with Gasteiger partial charge in [-0.25, -0.2) is 25.9 Å². The van der Waals surface area contributed by atoms with Gasteiger partial charge in [-0.3, -0.25) is 0 Å². The molecule has 2 atom stereocenters. The van der Waals surface area contributed by atoms with Crippen molar-refractivity contribution in [3.05, 3.63) is 24.0 Å². The van der Waals surface area contributed by atoms with Crippen LogP contribution in [0.15, 0.2) is 28.0 Å². The molecular weight excluding hydrogens is 345 g/mol. The van der Waals surface area contributed by atoms with Gasteiger partial charge in [0.15, 0.2) is 0 Å². The molecule has 0 aromatic heterocycles. The monoisotopic (exact) mass is 357 g/mol. The molecule has 1 aliphatic heterocycles. The lowest BCUT2D eigenvalue weighted by atomic mass is 10.2. The second-order valence-electron chi connectivity index (χ2n) is 4.62. The minimum absolute atomic E-state index is 0.315. The molecule has 0 amide bonds. The van der Waals surface area contributed by atoms with Gasteiger partial charge in [0.05, 0.1) is 17.0 Å². The van der Waals surface area contributed by atoms with Gasteiger partial charge in [-0.15, -0.1) is 0 Å². The number of benzene rings is 1. The average Bonchev–Trinajstić information content (AvgIpc) is 2.72. The summed E-state index contributed by atoms with van der Waals surface area (Å²) < 4.78 is 67.9. The number of hydrogen-bond acceptors (Lipinski definition) is 5. The van der Waals surface area contributed by atoms with Crippen LogP contribution in [-0.4, -0.2) is 35.6 Å². The van der Waals surface area contributed by atoms with E-state index in [0.29, 0.717) is 19.1 Å². The molecule has 1 N–H and O–H groups in total. The van der Waals surface area contributed by atoms with Gasteiger partial charge in [-0.1, -0.05) is 0 Å². The number of nitrogens with one attached hydrogen (secondary N) is 1. The molecule has 21 heavy (non-hydrogen) atoms. The summed E-state index contributed by atoms with van der Waals surface area (Å²) in [5.74, 6) is -1.18. The molecule has 0 saturated carbocycles. The van der Waals surface area contributed by atoms with Gasteiger partial charge in [0, 0.05) is 17.3 Å². The Labute approximate surface area is 126 Å². The molecule has 0 radical (unpaired) electrons. The standard InChI is InChI=1S/C11H13ClFNO5S2/c1-7-10(4-5-19-7)14-21(17,18)11-3-2-8(6-9(11)13)20(12,15)16/h2-3,6-7,10,14H,4-5H2,1H3. The lowest BCUT2D eigenvalue weighted by Crippen LogP contribution is -2.39. The maximum atomic E-state index is 13.9. The third kappa shape index (κ3) is 3.72. The van der Waals surface area contributed by atoms with E-state index in [2.05, 4.69) is 4.72 Å². The first-order valence-corrected chi connectivity index (χ1v) is 9.78. The summed E-state index contributed by atoms with van der Waals surface area (Å²) in [6.07, 6.45) is 0.168. The first-order chi connectivity index (χ1) is 9.61. The van der Waals surface area contributed by atoms with Crippen molar-refractivity contribution in [3.63, 3.8) is 0 Å². The van der Waals surface area contributed by atoms with Crippen LogP contribution in [0.3, 0.4) is 0 Å². The van der Waals surface area contributed by atoms with Crippen molar-refractivity contribution in [2.45, 2.75) is 35.3 Å². The molecule has 1 fully saturated rings. The molecule has 2 unspecified atom stereocenters. The number of hydrogen-bond donors (Lipinski definition) is 1. The molecule has 0 bridgehead atoms. The van der Waals surface area contributed by atoms with Gasteiger partial charge < -0.3 is 4.74 Å². The van der Waals surface area contributed by atoms with Gasteiger partial charge in [0.1, 0.15) is 10.7 Å². The molecule has 0 aliphatic carbocycles. The fourth-order valence-electron chi connectivity index (χ4n) is 2.00. The van der Waals surface area contributed by atoms with Gasteiger partial charge in [0.25, 0.3) is 9.05 Å². The van der Waals surface area contributed by atoms with E-state index in [9.17, 15) is 21.2 Å². The van der Waals surface area contributed by atoms with E-state index in [-0.39, 0.29) is 6.10 Å². The fraction of sp³-hybridized carbons (Fsp3) is 0.455. The first kappa shape index (κ1) is 16.6. The summed E-state index contributed by atoms with van der Waals surface area (Å²) in [5.41, 5.74) is 0. The Morgan fingerprint density at radius 1 is 1.33 bits per heavy atom. The Morgan fingerprint density at radius 3 is 2.48 bits per heavy atom. The third-order valence-corrected chi connectivity index (χ3v) is 6.03. The molecule has 1 heterocycles. The largest absolute Gasteiger partial charge is 0.377 e. The summed E-state index contributed by atoms with van der Waals surface area (Å²) in [4.78, 5) is -1.14. The highest BCUT2D eigenvalue weighted by molar-refractivity contribution is 8.13. The molecule has 1 saturated heterocycles. The Bertz CT molecular complexity index is 750. The van der Waals surface area contributed by atoms with Crippen molar-refractivity contribution < 1.29 is 26.0 Å². The maximum Gasteiger partial charge on any atom is 0.261 e. The lowest BCUT2D eigenvalue weighted by molar-refractivity contribution is 0.117. The van der Waals surface area contributed by atoms with Crippen molar-refractivity contribution >= 4 is 29.8 Å². The predicted octanol–water partition coefficient (Wildman–Crippen LogP) is 1.21. The number of rotatable bonds is 4. The second kappa shape index (κ2) is 5.81. The third-order valence-electron chi connectivity index (χ3n) is 3.16. The van der Waals surface area contributed by atoms with Crippen LogP contribution in [0.5, 0.6) is 0 Å². The summed E-state index contributed by atoms with van der Waals surface area (Å²) in [6.45, 7) is 2.12. The van der Waals surface area contributed by atoms with Crippen LogP contribution < -0.4 is 4.72 Å². The molecule has 6 nitrogen and oxygen atoms in total. The van der Waals surface area contributed by atoms with Crippen molar-refractivity contribution in [1.82, 2.24) is 4.72 Å².